The van der Waals surface area contributed by atoms with Crippen LogP contribution < -0.4 is 15.8 Å². The number of hydrogen-bond acceptors (Lipinski definition) is 5. The number of hydrogen-bond donors (Lipinski definition) is 2. The van der Waals surface area contributed by atoms with Gasteiger partial charge in [-0.2, -0.15) is 0 Å². The maximum absolute atomic E-state index is 12.1. The fraction of sp³-hybridized carbons (Fsp3) is 0.167. The molecule has 2 aromatic heterocycles. The third kappa shape index (κ3) is 3.67. The van der Waals surface area contributed by atoms with Crippen molar-refractivity contribution in [2.75, 3.05) is 7.11 Å². The molecule has 3 aromatic rings. The van der Waals surface area contributed by atoms with E-state index in [0.29, 0.717) is 17.9 Å². The Bertz CT molecular complexity index is 821. The first-order valence-electron chi connectivity index (χ1n) is 7.47. The molecule has 0 fully saturated rings. The Balaban J connectivity index is 1.62. The maximum Gasteiger partial charge on any atom is 0.254 e. The fourth-order valence-corrected chi connectivity index (χ4v) is 3.12. The van der Waals surface area contributed by atoms with Gasteiger partial charge < -0.3 is 20.2 Å². The van der Waals surface area contributed by atoms with E-state index < -0.39 is 0 Å². The Morgan fingerprint density at radius 3 is 2.71 bits per heavy atom. The summed E-state index contributed by atoms with van der Waals surface area (Å²) < 4.78 is 10.3. The second-order valence-electron chi connectivity index (χ2n) is 5.22. The summed E-state index contributed by atoms with van der Waals surface area (Å²) in [4.78, 5) is 13.2. The largest absolute Gasteiger partial charge is 0.497 e. The van der Waals surface area contributed by atoms with Crippen LogP contribution in [0.5, 0.6) is 5.75 Å². The molecular formula is C18H18N2O3S. The van der Waals surface area contributed by atoms with Crippen molar-refractivity contribution in [2.24, 2.45) is 5.73 Å². The molecule has 1 aromatic carbocycles. The first-order chi connectivity index (χ1) is 11.7. The van der Waals surface area contributed by atoms with Gasteiger partial charge in [-0.3, -0.25) is 4.79 Å². The first kappa shape index (κ1) is 16.3. The maximum atomic E-state index is 12.1. The third-order valence-corrected chi connectivity index (χ3v) is 4.55. The zero-order chi connectivity index (χ0) is 16.9. The van der Waals surface area contributed by atoms with Gasteiger partial charge in [0.2, 0.25) is 0 Å². The van der Waals surface area contributed by atoms with Crippen molar-refractivity contribution in [1.82, 2.24) is 5.32 Å². The van der Waals surface area contributed by atoms with Gasteiger partial charge in [-0.05, 0) is 40.8 Å². The molecule has 3 rings (SSSR count). The summed E-state index contributed by atoms with van der Waals surface area (Å²) >= 11 is 1.61. The van der Waals surface area contributed by atoms with Crippen molar-refractivity contribution in [2.45, 2.75) is 13.1 Å². The Labute approximate surface area is 144 Å². The number of nitrogens with two attached hydrogens (primary N) is 1. The van der Waals surface area contributed by atoms with E-state index in [4.69, 9.17) is 14.9 Å². The van der Waals surface area contributed by atoms with Crippen LogP contribution in [0.3, 0.4) is 0 Å². The average Bonchev–Trinajstić information content (AvgIpc) is 3.29. The van der Waals surface area contributed by atoms with E-state index in [2.05, 4.69) is 16.8 Å². The van der Waals surface area contributed by atoms with E-state index in [-0.39, 0.29) is 12.5 Å². The molecule has 0 aliphatic carbocycles. The summed E-state index contributed by atoms with van der Waals surface area (Å²) in [5, 5.41) is 4.96. The highest BCUT2D eigenvalue weighted by Crippen LogP contribution is 2.27. The molecule has 0 atom stereocenters. The van der Waals surface area contributed by atoms with Gasteiger partial charge in [-0.1, -0.05) is 12.1 Å². The molecule has 0 spiro atoms. The zero-order valence-electron chi connectivity index (χ0n) is 13.2. The van der Waals surface area contributed by atoms with Gasteiger partial charge in [0.1, 0.15) is 17.8 Å². The van der Waals surface area contributed by atoms with Gasteiger partial charge >= 0.3 is 0 Å². The molecule has 0 bridgehead atoms. The molecule has 0 aliphatic rings. The van der Waals surface area contributed by atoms with Gasteiger partial charge in [0.25, 0.3) is 5.91 Å². The molecule has 124 valence electrons. The second-order valence-corrected chi connectivity index (χ2v) is 6.21. The third-order valence-electron chi connectivity index (χ3n) is 3.62. The molecule has 0 saturated carbocycles. The lowest BCUT2D eigenvalue weighted by molar-refractivity contribution is 0.0950. The van der Waals surface area contributed by atoms with Crippen LogP contribution >= 0.6 is 11.3 Å². The normalized spacial score (nSPS) is 10.6. The highest BCUT2D eigenvalue weighted by Gasteiger charge is 2.10. The van der Waals surface area contributed by atoms with E-state index in [1.807, 2.05) is 24.3 Å². The number of ether oxygens (including phenoxy) is 1. The number of nitrogens with one attached hydrogen (secondary N) is 1. The minimum absolute atomic E-state index is 0.169. The van der Waals surface area contributed by atoms with Gasteiger partial charge in [0, 0.05) is 4.88 Å². The molecule has 24 heavy (non-hydrogen) atoms. The van der Waals surface area contributed by atoms with E-state index in [1.54, 1.807) is 24.5 Å². The lowest BCUT2D eigenvalue weighted by atomic mass is 10.1. The van der Waals surface area contributed by atoms with Crippen molar-refractivity contribution >= 4 is 17.2 Å². The van der Waals surface area contributed by atoms with Crippen LogP contribution in [0.1, 0.15) is 21.0 Å². The number of benzene rings is 1. The predicted octanol–water partition coefficient (Wildman–Crippen LogP) is 3.41. The van der Waals surface area contributed by atoms with Gasteiger partial charge in [-0.25, -0.2) is 0 Å². The van der Waals surface area contributed by atoms with Crippen LogP contribution in [0, 0.1) is 0 Å². The number of rotatable bonds is 6. The van der Waals surface area contributed by atoms with Crippen molar-refractivity contribution in [3.63, 3.8) is 0 Å². The lowest BCUT2D eigenvalue weighted by Crippen LogP contribution is -2.21. The highest BCUT2D eigenvalue weighted by molar-refractivity contribution is 7.10. The molecule has 1 amide bonds. The highest BCUT2D eigenvalue weighted by atomic mass is 32.1. The quantitative estimate of drug-likeness (QED) is 0.720. The van der Waals surface area contributed by atoms with E-state index in [0.717, 1.165) is 21.8 Å². The van der Waals surface area contributed by atoms with Crippen molar-refractivity contribution < 1.29 is 13.9 Å². The van der Waals surface area contributed by atoms with Gasteiger partial charge in [0.05, 0.1) is 25.8 Å². The Morgan fingerprint density at radius 1 is 1.25 bits per heavy atom. The standard InChI is InChI=1S/C18H18N2O3S/c1-22-15-4-2-12(3-5-15)14-7-17(24-11-14)9-20-18(21)13-6-16(8-19)23-10-13/h2-7,10-11H,8-9,19H2,1H3,(H,20,21). The summed E-state index contributed by atoms with van der Waals surface area (Å²) in [5.41, 5.74) is 8.20. The Hall–Kier alpha value is -2.57. The van der Waals surface area contributed by atoms with Crippen LogP contribution in [0.4, 0.5) is 0 Å². The monoisotopic (exact) mass is 342 g/mol. The average molecular weight is 342 g/mol. The summed E-state index contributed by atoms with van der Waals surface area (Å²) in [6.45, 7) is 0.756. The molecule has 0 aliphatic heterocycles. The number of carbonyl (C=O) groups is 1. The summed E-state index contributed by atoms with van der Waals surface area (Å²) in [6, 6.07) is 11.6. The zero-order valence-corrected chi connectivity index (χ0v) is 14.1. The Kier molecular flexibility index (Phi) is 4.98. The van der Waals surface area contributed by atoms with Crippen LogP contribution in [-0.2, 0) is 13.1 Å². The SMILES string of the molecule is COc1ccc(-c2csc(CNC(=O)c3coc(CN)c3)c2)cc1. The number of carbonyl (C=O) groups excluding carboxylic acids is 1. The van der Waals surface area contributed by atoms with Crippen molar-refractivity contribution in [1.29, 1.82) is 0 Å². The predicted molar refractivity (Wildman–Crippen MR) is 94.1 cm³/mol. The number of thiophene rings is 1. The Morgan fingerprint density at radius 2 is 2.04 bits per heavy atom. The topological polar surface area (TPSA) is 77.5 Å². The first-order valence-corrected chi connectivity index (χ1v) is 8.35. The van der Waals surface area contributed by atoms with Crippen molar-refractivity contribution in [3.8, 4) is 16.9 Å². The minimum atomic E-state index is -0.169. The summed E-state index contributed by atoms with van der Waals surface area (Å²) in [7, 11) is 1.65. The smallest absolute Gasteiger partial charge is 0.254 e. The summed E-state index contributed by atoms with van der Waals surface area (Å²) in [6.07, 6.45) is 1.43. The van der Waals surface area contributed by atoms with E-state index >= 15 is 0 Å². The molecule has 6 heteroatoms. The number of furan rings is 1. The van der Waals surface area contributed by atoms with Gasteiger partial charge in [0.15, 0.2) is 0 Å². The molecule has 0 radical (unpaired) electrons. The van der Waals surface area contributed by atoms with Crippen LogP contribution in [-0.4, -0.2) is 13.0 Å². The van der Waals surface area contributed by atoms with E-state index in [9.17, 15) is 4.79 Å². The van der Waals surface area contributed by atoms with Gasteiger partial charge in [-0.15, -0.1) is 11.3 Å². The number of amides is 1. The minimum Gasteiger partial charge on any atom is -0.497 e. The number of methoxy groups -OCH3 is 1. The van der Waals surface area contributed by atoms with Crippen LogP contribution in [0.15, 0.2) is 52.5 Å². The lowest BCUT2D eigenvalue weighted by Gasteiger charge is -2.02. The molecule has 5 nitrogen and oxygen atoms in total. The molecule has 2 heterocycles. The molecular weight excluding hydrogens is 324 g/mol. The van der Waals surface area contributed by atoms with Crippen LogP contribution in [0.25, 0.3) is 11.1 Å². The molecule has 0 unspecified atom stereocenters. The van der Waals surface area contributed by atoms with Crippen molar-refractivity contribution in [3.05, 3.63) is 64.2 Å². The fourth-order valence-electron chi connectivity index (χ4n) is 2.28. The summed E-state index contributed by atoms with van der Waals surface area (Å²) in [5.74, 6) is 1.26. The second kappa shape index (κ2) is 7.33. The molecule has 0 saturated heterocycles. The van der Waals surface area contributed by atoms with E-state index in [1.165, 1.54) is 6.26 Å². The van der Waals surface area contributed by atoms with Crippen LogP contribution in [0.2, 0.25) is 0 Å². The molecule has 3 N–H and O–H groups in total.